The molecule has 1 aromatic heterocycles. The summed E-state index contributed by atoms with van der Waals surface area (Å²) in [6.45, 7) is 4.16. The molecule has 32 heavy (non-hydrogen) atoms. The highest BCUT2D eigenvalue weighted by atomic mass is 19.1. The van der Waals surface area contributed by atoms with Gasteiger partial charge in [-0.15, -0.1) is 0 Å². The Morgan fingerprint density at radius 1 is 1.25 bits per heavy atom. The number of nitrogens with two attached hydrogens (primary N) is 1. The zero-order valence-corrected chi connectivity index (χ0v) is 19.0. The van der Waals surface area contributed by atoms with E-state index in [0.717, 1.165) is 36.1 Å². The van der Waals surface area contributed by atoms with Gasteiger partial charge in [-0.2, -0.15) is 0 Å². The number of hydrogen-bond donors (Lipinski definition) is 1. The molecular formula is C27H33FN2O2. The standard InChI is InChI=1S/C27H33FN2O2/c1-3-4-5-7-19-14-24-25(18(2)32-26(24)31)27(29,16-19)13-12-23-11-10-21(17-30-23)20-8-6-9-22(28)15-20/h6,8-13,15,17-19,24-25H,3-5,7,14,16,29H2,1-2H3/b13-12+/t18-,19+,24-,25-,27-/m1/s1. The van der Waals surface area contributed by atoms with E-state index in [-0.39, 0.29) is 29.7 Å². The fourth-order valence-corrected chi connectivity index (χ4v) is 5.62. The lowest BCUT2D eigenvalue weighted by Crippen LogP contribution is -2.55. The number of cyclic esters (lactones) is 1. The van der Waals surface area contributed by atoms with E-state index in [1.165, 1.54) is 31.4 Å². The van der Waals surface area contributed by atoms with Crippen LogP contribution in [-0.2, 0) is 9.53 Å². The molecule has 4 rings (SSSR count). The number of fused-ring (bicyclic) bond motifs is 1. The van der Waals surface area contributed by atoms with Crippen LogP contribution in [0.4, 0.5) is 4.39 Å². The first-order chi connectivity index (χ1) is 15.4. The third kappa shape index (κ3) is 4.78. The van der Waals surface area contributed by atoms with E-state index < -0.39 is 5.54 Å². The van der Waals surface area contributed by atoms with Gasteiger partial charge in [0, 0.05) is 23.2 Å². The van der Waals surface area contributed by atoms with Crippen molar-refractivity contribution in [2.24, 2.45) is 23.5 Å². The van der Waals surface area contributed by atoms with Crippen molar-refractivity contribution >= 4 is 12.0 Å². The van der Waals surface area contributed by atoms with Gasteiger partial charge in [-0.1, -0.05) is 56.9 Å². The Morgan fingerprint density at radius 3 is 2.81 bits per heavy atom. The number of rotatable bonds is 7. The molecule has 1 aliphatic carbocycles. The number of benzene rings is 1. The smallest absolute Gasteiger partial charge is 0.309 e. The van der Waals surface area contributed by atoms with Crippen LogP contribution < -0.4 is 5.73 Å². The summed E-state index contributed by atoms with van der Waals surface area (Å²) in [6, 6.07) is 10.3. The maximum atomic E-state index is 13.5. The molecule has 170 valence electrons. The number of nitrogens with zero attached hydrogens (tertiary/aromatic N) is 1. The number of carbonyl (C=O) groups excluding carboxylic acids is 1. The van der Waals surface area contributed by atoms with Crippen molar-refractivity contribution in [3.63, 3.8) is 0 Å². The molecule has 0 amide bonds. The lowest BCUT2D eigenvalue weighted by molar-refractivity contribution is -0.144. The zero-order chi connectivity index (χ0) is 22.7. The molecule has 2 aliphatic rings. The Labute approximate surface area is 190 Å². The second-order valence-corrected chi connectivity index (χ2v) is 9.50. The molecule has 1 aliphatic heterocycles. The summed E-state index contributed by atoms with van der Waals surface area (Å²) in [4.78, 5) is 17.0. The van der Waals surface area contributed by atoms with Crippen molar-refractivity contribution < 1.29 is 13.9 Å². The number of carbonyl (C=O) groups is 1. The van der Waals surface area contributed by atoms with Gasteiger partial charge < -0.3 is 10.5 Å². The minimum atomic E-state index is -0.603. The maximum absolute atomic E-state index is 13.5. The molecule has 2 heterocycles. The molecule has 4 nitrogen and oxygen atoms in total. The van der Waals surface area contributed by atoms with Gasteiger partial charge in [-0.25, -0.2) is 4.39 Å². The van der Waals surface area contributed by atoms with Crippen molar-refractivity contribution in [1.29, 1.82) is 0 Å². The van der Waals surface area contributed by atoms with E-state index in [0.29, 0.717) is 5.92 Å². The topological polar surface area (TPSA) is 65.2 Å². The third-order valence-electron chi connectivity index (χ3n) is 7.12. The van der Waals surface area contributed by atoms with Gasteiger partial charge >= 0.3 is 5.97 Å². The summed E-state index contributed by atoms with van der Waals surface area (Å²) in [5, 5.41) is 0. The Balaban J connectivity index is 1.54. The summed E-state index contributed by atoms with van der Waals surface area (Å²) in [5.41, 5.74) is 8.83. The SMILES string of the molecule is CCCCC[C@H]1C[C@H]2C(=O)O[C@H](C)[C@H]2[C@@](N)(/C=C/c2ccc(-c3cccc(F)c3)cn2)C1. The van der Waals surface area contributed by atoms with Gasteiger partial charge in [-0.3, -0.25) is 9.78 Å². The van der Waals surface area contributed by atoms with Gasteiger partial charge in [-0.05, 0) is 55.5 Å². The lowest BCUT2D eigenvalue weighted by Gasteiger charge is -2.44. The second kappa shape index (κ2) is 9.53. The van der Waals surface area contributed by atoms with E-state index in [4.69, 9.17) is 10.5 Å². The van der Waals surface area contributed by atoms with E-state index >= 15 is 0 Å². The number of esters is 1. The van der Waals surface area contributed by atoms with Crippen LogP contribution >= 0.6 is 0 Å². The van der Waals surface area contributed by atoms with E-state index in [9.17, 15) is 9.18 Å². The van der Waals surface area contributed by atoms with Crippen LogP contribution in [0.3, 0.4) is 0 Å². The average Bonchev–Trinajstić information content (AvgIpc) is 3.07. The van der Waals surface area contributed by atoms with Crippen LogP contribution in [0.2, 0.25) is 0 Å². The monoisotopic (exact) mass is 436 g/mol. The number of aromatic nitrogens is 1. The molecule has 0 unspecified atom stereocenters. The summed E-state index contributed by atoms with van der Waals surface area (Å²) in [6.07, 6.45) is 12.0. The van der Waals surface area contributed by atoms with Gasteiger partial charge in [0.05, 0.1) is 11.6 Å². The van der Waals surface area contributed by atoms with Gasteiger partial charge in [0.1, 0.15) is 11.9 Å². The Morgan fingerprint density at radius 2 is 2.09 bits per heavy atom. The van der Waals surface area contributed by atoms with Crippen molar-refractivity contribution in [1.82, 2.24) is 4.98 Å². The molecule has 1 saturated carbocycles. The number of hydrogen-bond acceptors (Lipinski definition) is 4. The molecule has 0 radical (unpaired) electrons. The molecule has 0 bridgehead atoms. The van der Waals surface area contributed by atoms with Crippen LogP contribution in [-0.4, -0.2) is 22.6 Å². The molecule has 2 fully saturated rings. The predicted molar refractivity (Wildman–Crippen MR) is 125 cm³/mol. The predicted octanol–water partition coefficient (Wildman–Crippen LogP) is 5.77. The highest BCUT2D eigenvalue weighted by Crippen LogP contribution is 2.48. The van der Waals surface area contributed by atoms with Crippen LogP contribution in [0.1, 0.15) is 58.1 Å². The number of unbranched alkanes of at least 4 members (excludes halogenated alkanes) is 2. The quantitative estimate of drug-likeness (QED) is 0.442. The number of halogens is 1. The Kier molecular flexibility index (Phi) is 6.75. The van der Waals surface area contributed by atoms with Gasteiger partial charge in [0.2, 0.25) is 0 Å². The van der Waals surface area contributed by atoms with Crippen LogP contribution in [0.5, 0.6) is 0 Å². The van der Waals surface area contributed by atoms with Crippen molar-refractivity contribution in [2.75, 3.05) is 0 Å². The number of ether oxygens (including phenoxy) is 1. The van der Waals surface area contributed by atoms with E-state index in [2.05, 4.69) is 11.9 Å². The highest BCUT2D eigenvalue weighted by molar-refractivity contribution is 5.76. The van der Waals surface area contributed by atoms with Gasteiger partial charge in [0.15, 0.2) is 0 Å². The normalized spacial score (nSPS) is 29.8. The first-order valence-corrected chi connectivity index (χ1v) is 11.8. The summed E-state index contributed by atoms with van der Waals surface area (Å²) >= 11 is 0. The molecule has 2 aromatic rings. The van der Waals surface area contributed by atoms with Crippen LogP contribution in [0.15, 0.2) is 48.7 Å². The van der Waals surface area contributed by atoms with Crippen LogP contribution in [0, 0.1) is 23.6 Å². The molecule has 5 atom stereocenters. The Hall–Kier alpha value is -2.53. The van der Waals surface area contributed by atoms with Crippen molar-refractivity contribution in [3.05, 3.63) is 60.2 Å². The fraction of sp³-hybridized carbons (Fsp3) is 0.481. The molecule has 1 aromatic carbocycles. The minimum absolute atomic E-state index is 0.0137. The maximum Gasteiger partial charge on any atom is 0.309 e. The summed E-state index contributed by atoms with van der Waals surface area (Å²) in [5.74, 6) is -0.0648. The highest BCUT2D eigenvalue weighted by Gasteiger charge is 2.55. The number of pyridine rings is 1. The molecule has 2 N–H and O–H groups in total. The largest absolute Gasteiger partial charge is 0.462 e. The lowest BCUT2D eigenvalue weighted by atomic mass is 9.62. The first-order valence-electron chi connectivity index (χ1n) is 11.8. The second-order valence-electron chi connectivity index (χ2n) is 9.50. The van der Waals surface area contributed by atoms with Crippen LogP contribution in [0.25, 0.3) is 17.2 Å². The fourth-order valence-electron chi connectivity index (χ4n) is 5.62. The van der Waals surface area contributed by atoms with Crippen molar-refractivity contribution in [3.8, 4) is 11.1 Å². The molecule has 0 spiro atoms. The summed E-state index contributed by atoms with van der Waals surface area (Å²) in [7, 11) is 0. The van der Waals surface area contributed by atoms with E-state index in [1.807, 2.05) is 37.3 Å². The molecule has 1 saturated heterocycles. The van der Waals surface area contributed by atoms with Crippen molar-refractivity contribution in [2.45, 2.75) is 64.0 Å². The van der Waals surface area contributed by atoms with Gasteiger partial charge in [0.25, 0.3) is 0 Å². The first kappa shape index (κ1) is 22.7. The average molecular weight is 437 g/mol. The van der Waals surface area contributed by atoms with E-state index in [1.54, 1.807) is 12.3 Å². The Bertz CT molecular complexity index is 974. The summed E-state index contributed by atoms with van der Waals surface area (Å²) < 4.78 is 19.1. The molecular weight excluding hydrogens is 403 g/mol. The molecule has 5 heteroatoms. The third-order valence-corrected chi connectivity index (χ3v) is 7.12. The zero-order valence-electron chi connectivity index (χ0n) is 19.0. The minimum Gasteiger partial charge on any atom is -0.462 e.